The molecule has 4 rings (SSSR count). The lowest BCUT2D eigenvalue weighted by Gasteiger charge is -2.45. The molecule has 0 N–H and O–H groups in total. The van der Waals surface area contributed by atoms with E-state index in [-0.39, 0.29) is 0 Å². The Morgan fingerprint density at radius 3 is 2.09 bits per heavy atom. The van der Waals surface area contributed by atoms with Gasteiger partial charge in [0.25, 0.3) is 0 Å². The highest BCUT2D eigenvalue weighted by Gasteiger charge is 2.29. The van der Waals surface area contributed by atoms with Gasteiger partial charge in [0.05, 0.1) is 19.1 Å². The molecule has 0 spiro atoms. The molecule has 6 nitrogen and oxygen atoms in total. The SMILES string of the molecule is COc1ccc(CN2C(C)CN(c3ccc(OS(=O)c4ccc(C)cc4)cc3)CC2C)cc1OC. The van der Waals surface area contributed by atoms with Crippen LogP contribution in [0, 0.1) is 6.92 Å². The minimum Gasteiger partial charge on any atom is -0.493 e. The predicted octanol–water partition coefficient (Wildman–Crippen LogP) is 5.21. The normalized spacial score (nSPS) is 19.3. The van der Waals surface area contributed by atoms with Crippen molar-refractivity contribution in [2.75, 3.05) is 32.2 Å². The lowest BCUT2D eigenvalue weighted by atomic mass is 10.0. The maximum absolute atomic E-state index is 12.5. The van der Waals surface area contributed by atoms with Crippen LogP contribution in [-0.4, -0.2) is 48.5 Å². The van der Waals surface area contributed by atoms with E-state index in [1.165, 1.54) is 5.56 Å². The number of nitrogens with zero attached hydrogens (tertiary/aromatic N) is 2. The minimum atomic E-state index is -1.53. The molecular formula is C28H34N2O4S. The van der Waals surface area contributed by atoms with Crippen molar-refractivity contribution in [1.29, 1.82) is 0 Å². The minimum absolute atomic E-state index is 0.372. The number of hydrogen-bond acceptors (Lipinski definition) is 6. The van der Waals surface area contributed by atoms with E-state index in [0.29, 0.717) is 22.7 Å². The Bertz CT molecular complexity index is 1140. The Morgan fingerprint density at radius 2 is 1.49 bits per heavy atom. The van der Waals surface area contributed by atoms with Crippen molar-refractivity contribution in [3.05, 3.63) is 77.9 Å². The fraction of sp³-hybridized carbons (Fsp3) is 0.357. The summed E-state index contributed by atoms with van der Waals surface area (Å²) in [6.45, 7) is 9.25. The number of hydrogen-bond donors (Lipinski definition) is 0. The van der Waals surface area contributed by atoms with Crippen LogP contribution in [0.25, 0.3) is 0 Å². The van der Waals surface area contributed by atoms with E-state index in [1.807, 2.05) is 61.5 Å². The molecule has 3 atom stereocenters. The van der Waals surface area contributed by atoms with E-state index < -0.39 is 11.1 Å². The first kappa shape index (κ1) is 25.1. The third-order valence-corrected chi connectivity index (χ3v) is 7.50. The number of benzene rings is 3. The second-order valence-electron chi connectivity index (χ2n) is 9.09. The van der Waals surface area contributed by atoms with Gasteiger partial charge in [-0.2, -0.15) is 0 Å². The van der Waals surface area contributed by atoms with Crippen LogP contribution >= 0.6 is 0 Å². The summed E-state index contributed by atoms with van der Waals surface area (Å²) in [6, 6.07) is 22.3. The quantitative estimate of drug-likeness (QED) is 0.428. The predicted molar refractivity (Wildman–Crippen MR) is 141 cm³/mol. The first-order valence-electron chi connectivity index (χ1n) is 11.9. The van der Waals surface area contributed by atoms with Crippen LogP contribution in [0.4, 0.5) is 5.69 Å². The smallest absolute Gasteiger partial charge is 0.240 e. The summed E-state index contributed by atoms with van der Waals surface area (Å²) in [5, 5.41) is 0. The number of methoxy groups -OCH3 is 2. The molecule has 1 aliphatic rings. The third-order valence-electron chi connectivity index (χ3n) is 6.50. The summed E-state index contributed by atoms with van der Waals surface area (Å²) in [5.41, 5.74) is 3.48. The molecular weight excluding hydrogens is 460 g/mol. The third kappa shape index (κ3) is 5.97. The molecule has 0 bridgehead atoms. The van der Waals surface area contributed by atoms with Crippen molar-refractivity contribution in [3.63, 3.8) is 0 Å². The van der Waals surface area contributed by atoms with E-state index >= 15 is 0 Å². The molecule has 0 amide bonds. The standard InChI is InChI=1S/C28H34N2O4S/c1-20-6-13-26(14-7-20)35(31)34-25-11-9-24(10-12-25)29-17-21(2)30(22(3)18-29)19-23-8-15-27(32-4)28(16-23)33-5/h6-16,21-22H,17-19H2,1-5H3. The summed E-state index contributed by atoms with van der Waals surface area (Å²) in [4.78, 5) is 5.59. The largest absolute Gasteiger partial charge is 0.493 e. The Morgan fingerprint density at radius 1 is 0.857 bits per heavy atom. The van der Waals surface area contributed by atoms with Crippen molar-refractivity contribution < 1.29 is 17.9 Å². The van der Waals surface area contributed by atoms with Crippen LogP contribution in [0.1, 0.15) is 25.0 Å². The lowest BCUT2D eigenvalue weighted by Crippen LogP contribution is -2.56. The molecule has 0 saturated carbocycles. The summed E-state index contributed by atoms with van der Waals surface area (Å²) in [7, 11) is 3.32. The van der Waals surface area contributed by atoms with Crippen LogP contribution in [0.2, 0.25) is 0 Å². The van der Waals surface area contributed by atoms with E-state index in [0.717, 1.165) is 42.4 Å². The zero-order valence-corrected chi connectivity index (χ0v) is 21.9. The highest BCUT2D eigenvalue weighted by atomic mass is 32.2. The summed E-state index contributed by atoms with van der Waals surface area (Å²) >= 11 is -1.53. The monoisotopic (exact) mass is 494 g/mol. The number of rotatable bonds is 8. The highest BCUT2D eigenvalue weighted by Crippen LogP contribution is 2.30. The zero-order valence-electron chi connectivity index (χ0n) is 21.1. The summed E-state index contributed by atoms with van der Waals surface area (Å²) in [5.74, 6) is 2.10. The second kappa shape index (κ2) is 11.1. The summed E-state index contributed by atoms with van der Waals surface area (Å²) < 4.78 is 29.0. The van der Waals surface area contributed by atoms with Crippen LogP contribution in [-0.2, 0) is 17.6 Å². The molecule has 0 radical (unpaired) electrons. The average Bonchev–Trinajstić information content (AvgIpc) is 2.86. The van der Waals surface area contributed by atoms with Gasteiger partial charge in [-0.3, -0.25) is 4.90 Å². The fourth-order valence-corrected chi connectivity index (χ4v) is 5.31. The van der Waals surface area contributed by atoms with Gasteiger partial charge in [-0.25, -0.2) is 4.21 Å². The zero-order chi connectivity index (χ0) is 24.9. The van der Waals surface area contributed by atoms with Crippen LogP contribution in [0.3, 0.4) is 0 Å². The van der Waals surface area contributed by atoms with Gasteiger partial charge < -0.3 is 18.6 Å². The van der Waals surface area contributed by atoms with Crippen molar-refractivity contribution in [1.82, 2.24) is 4.90 Å². The maximum Gasteiger partial charge on any atom is 0.240 e. The maximum atomic E-state index is 12.5. The number of ether oxygens (including phenoxy) is 2. The number of anilines is 1. The Balaban J connectivity index is 1.38. The Hall–Kier alpha value is -3.03. The molecule has 3 aromatic rings. The van der Waals surface area contributed by atoms with Gasteiger partial charge in [0, 0.05) is 37.4 Å². The van der Waals surface area contributed by atoms with Gasteiger partial charge >= 0.3 is 0 Å². The van der Waals surface area contributed by atoms with Gasteiger partial charge in [-0.1, -0.05) is 23.8 Å². The Kier molecular flexibility index (Phi) is 7.98. The van der Waals surface area contributed by atoms with E-state index in [9.17, 15) is 4.21 Å². The van der Waals surface area contributed by atoms with Crippen molar-refractivity contribution in [3.8, 4) is 17.2 Å². The average molecular weight is 495 g/mol. The molecule has 0 aliphatic carbocycles. The first-order chi connectivity index (χ1) is 16.9. The molecule has 1 saturated heterocycles. The van der Waals surface area contributed by atoms with Gasteiger partial charge in [0.15, 0.2) is 11.5 Å². The van der Waals surface area contributed by atoms with Crippen molar-refractivity contribution in [2.24, 2.45) is 0 Å². The first-order valence-corrected chi connectivity index (χ1v) is 12.9. The summed E-state index contributed by atoms with van der Waals surface area (Å²) in [6.07, 6.45) is 0. The van der Waals surface area contributed by atoms with Crippen molar-refractivity contribution >= 4 is 16.8 Å². The van der Waals surface area contributed by atoms with Gasteiger partial charge in [0.2, 0.25) is 11.1 Å². The van der Waals surface area contributed by atoms with Gasteiger partial charge in [-0.05, 0) is 74.9 Å². The number of aryl methyl sites for hydroxylation is 1. The highest BCUT2D eigenvalue weighted by molar-refractivity contribution is 7.80. The molecule has 35 heavy (non-hydrogen) atoms. The molecule has 1 fully saturated rings. The molecule has 3 unspecified atom stereocenters. The second-order valence-corrected chi connectivity index (χ2v) is 10.2. The van der Waals surface area contributed by atoms with Crippen LogP contribution < -0.4 is 18.6 Å². The van der Waals surface area contributed by atoms with Gasteiger partial charge in [-0.15, -0.1) is 0 Å². The fourth-order valence-electron chi connectivity index (χ4n) is 4.57. The molecule has 3 aromatic carbocycles. The molecule has 186 valence electrons. The van der Waals surface area contributed by atoms with E-state index in [2.05, 4.69) is 35.8 Å². The van der Waals surface area contributed by atoms with Crippen molar-refractivity contribution in [2.45, 2.75) is 44.3 Å². The topological polar surface area (TPSA) is 51.2 Å². The number of piperazine rings is 1. The molecule has 1 heterocycles. The lowest BCUT2D eigenvalue weighted by molar-refractivity contribution is 0.123. The molecule has 0 aromatic heterocycles. The van der Waals surface area contributed by atoms with E-state index in [4.69, 9.17) is 13.7 Å². The van der Waals surface area contributed by atoms with Crippen LogP contribution in [0.15, 0.2) is 71.6 Å². The molecule has 1 aliphatic heterocycles. The van der Waals surface area contributed by atoms with Gasteiger partial charge in [0.1, 0.15) is 5.75 Å². The Labute approximate surface area is 211 Å². The van der Waals surface area contributed by atoms with E-state index in [1.54, 1.807) is 14.2 Å². The van der Waals surface area contributed by atoms with Crippen LogP contribution in [0.5, 0.6) is 17.2 Å². The molecule has 7 heteroatoms.